The highest BCUT2D eigenvalue weighted by molar-refractivity contribution is 5.85. The van der Waals surface area contributed by atoms with Gasteiger partial charge in [-0.2, -0.15) is 0 Å². The van der Waals surface area contributed by atoms with E-state index in [0.717, 1.165) is 28.7 Å². The standard InChI is InChI=1S/C26H30N2O6/c1-33-14-11-22(24(30)31)27-23(29)15-26(12-6-13-26)28-25(32)34-16-21-19-9-4-2-7-17(19)18-8-3-5-10-20(18)21/h2-5,7-10,21-22H,6,11-16H2,1H3,(H,27,29)(H,28,32)(H,30,31). The number of fused-ring (bicyclic) bond motifs is 3. The lowest BCUT2D eigenvalue weighted by Crippen LogP contribution is -2.57. The molecule has 8 heteroatoms. The van der Waals surface area contributed by atoms with Gasteiger partial charge in [0.15, 0.2) is 0 Å². The molecule has 0 aromatic heterocycles. The summed E-state index contributed by atoms with van der Waals surface area (Å²) >= 11 is 0. The lowest BCUT2D eigenvalue weighted by Gasteiger charge is -2.41. The first kappa shape index (κ1) is 23.8. The molecule has 0 aliphatic heterocycles. The van der Waals surface area contributed by atoms with Gasteiger partial charge in [0.05, 0.1) is 5.54 Å². The van der Waals surface area contributed by atoms with E-state index in [4.69, 9.17) is 9.47 Å². The average Bonchev–Trinajstić information content (AvgIpc) is 3.12. The van der Waals surface area contributed by atoms with Crippen molar-refractivity contribution in [3.8, 4) is 11.1 Å². The van der Waals surface area contributed by atoms with Crippen LogP contribution in [0.2, 0.25) is 0 Å². The van der Waals surface area contributed by atoms with E-state index in [-0.39, 0.29) is 32.0 Å². The summed E-state index contributed by atoms with van der Waals surface area (Å²) in [6.45, 7) is 0.417. The van der Waals surface area contributed by atoms with E-state index in [2.05, 4.69) is 34.9 Å². The number of nitrogens with one attached hydrogen (secondary N) is 2. The van der Waals surface area contributed by atoms with Crippen molar-refractivity contribution in [1.29, 1.82) is 0 Å². The molecule has 0 spiro atoms. The number of methoxy groups -OCH3 is 1. The second kappa shape index (κ2) is 10.3. The van der Waals surface area contributed by atoms with Crippen molar-refractivity contribution in [3.63, 3.8) is 0 Å². The van der Waals surface area contributed by atoms with Crippen LogP contribution in [0, 0.1) is 0 Å². The summed E-state index contributed by atoms with van der Waals surface area (Å²) in [6.07, 6.45) is 1.77. The fourth-order valence-electron chi connectivity index (χ4n) is 4.85. The van der Waals surface area contributed by atoms with Gasteiger partial charge in [-0.15, -0.1) is 0 Å². The first-order valence-corrected chi connectivity index (χ1v) is 11.6. The molecular formula is C26H30N2O6. The number of hydrogen-bond donors (Lipinski definition) is 3. The maximum atomic E-state index is 12.7. The Kier molecular flexibility index (Phi) is 7.17. The number of carboxylic acids is 1. The van der Waals surface area contributed by atoms with Crippen LogP contribution in [0.15, 0.2) is 48.5 Å². The van der Waals surface area contributed by atoms with Crippen molar-refractivity contribution in [2.75, 3.05) is 20.3 Å². The first-order valence-electron chi connectivity index (χ1n) is 11.6. The molecule has 0 saturated heterocycles. The van der Waals surface area contributed by atoms with Crippen LogP contribution in [0.4, 0.5) is 4.79 Å². The SMILES string of the molecule is COCCC(NC(=O)CC1(NC(=O)OCC2c3ccccc3-c3ccccc32)CCC1)C(=O)O. The number of benzene rings is 2. The molecule has 8 nitrogen and oxygen atoms in total. The molecule has 0 heterocycles. The van der Waals surface area contributed by atoms with E-state index in [1.165, 1.54) is 7.11 Å². The van der Waals surface area contributed by atoms with E-state index in [1.54, 1.807) is 0 Å². The minimum absolute atomic E-state index is 0.00789. The van der Waals surface area contributed by atoms with Crippen LogP contribution in [0.5, 0.6) is 0 Å². The maximum absolute atomic E-state index is 12.7. The largest absolute Gasteiger partial charge is 0.480 e. The third-order valence-electron chi connectivity index (χ3n) is 6.76. The van der Waals surface area contributed by atoms with Gasteiger partial charge in [0, 0.05) is 32.5 Å². The lowest BCUT2D eigenvalue weighted by molar-refractivity contribution is -0.142. The van der Waals surface area contributed by atoms with Crippen molar-refractivity contribution in [1.82, 2.24) is 10.6 Å². The van der Waals surface area contributed by atoms with Crippen LogP contribution in [0.1, 0.15) is 49.1 Å². The molecule has 1 saturated carbocycles. The molecule has 1 fully saturated rings. The van der Waals surface area contributed by atoms with Crippen LogP contribution in [-0.4, -0.2) is 55.0 Å². The summed E-state index contributed by atoms with van der Waals surface area (Å²) < 4.78 is 10.5. The van der Waals surface area contributed by atoms with Crippen molar-refractivity contribution in [2.45, 2.75) is 49.6 Å². The van der Waals surface area contributed by atoms with Crippen LogP contribution in [0.3, 0.4) is 0 Å². The molecule has 0 bridgehead atoms. The van der Waals surface area contributed by atoms with Crippen LogP contribution >= 0.6 is 0 Å². The smallest absolute Gasteiger partial charge is 0.407 e. The Labute approximate surface area is 198 Å². The molecule has 2 aromatic rings. The Hall–Kier alpha value is -3.39. The van der Waals surface area contributed by atoms with E-state index in [0.29, 0.717) is 12.8 Å². The quantitative estimate of drug-likeness (QED) is 0.494. The molecular weight excluding hydrogens is 436 g/mol. The predicted molar refractivity (Wildman–Crippen MR) is 125 cm³/mol. The highest BCUT2D eigenvalue weighted by Gasteiger charge is 2.41. The molecule has 4 rings (SSSR count). The molecule has 180 valence electrons. The summed E-state index contributed by atoms with van der Waals surface area (Å²) in [5.41, 5.74) is 3.85. The van der Waals surface area contributed by atoms with Gasteiger partial charge in [-0.3, -0.25) is 4.79 Å². The van der Waals surface area contributed by atoms with Crippen LogP contribution in [-0.2, 0) is 19.1 Å². The number of ether oxygens (including phenoxy) is 2. The van der Waals surface area contributed by atoms with E-state index in [9.17, 15) is 19.5 Å². The number of rotatable bonds is 10. The second-order valence-corrected chi connectivity index (χ2v) is 9.00. The third-order valence-corrected chi connectivity index (χ3v) is 6.76. The molecule has 3 N–H and O–H groups in total. The summed E-state index contributed by atoms with van der Waals surface area (Å²) in [4.78, 5) is 36.6. The lowest BCUT2D eigenvalue weighted by atomic mass is 9.74. The Morgan fingerprint density at radius 1 is 1.06 bits per heavy atom. The average molecular weight is 467 g/mol. The third kappa shape index (κ3) is 5.07. The molecule has 2 aliphatic rings. The van der Waals surface area contributed by atoms with E-state index in [1.807, 2.05) is 24.3 Å². The molecule has 2 aromatic carbocycles. The van der Waals surface area contributed by atoms with Gasteiger partial charge in [-0.05, 0) is 41.5 Å². The van der Waals surface area contributed by atoms with Crippen LogP contribution < -0.4 is 10.6 Å². The van der Waals surface area contributed by atoms with Crippen molar-refractivity contribution >= 4 is 18.0 Å². The molecule has 2 aliphatic carbocycles. The van der Waals surface area contributed by atoms with Gasteiger partial charge in [0.1, 0.15) is 12.6 Å². The van der Waals surface area contributed by atoms with Crippen molar-refractivity contribution in [3.05, 3.63) is 59.7 Å². The van der Waals surface area contributed by atoms with E-state index >= 15 is 0 Å². The first-order chi connectivity index (χ1) is 16.4. The minimum atomic E-state index is -1.11. The maximum Gasteiger partial charge on any atom is 0.407 e. The monoisotopic (exact) mass is 466 g/mol. The Balaban J connectivity index is 1.35. The molecule has 1 atom stereocenters. The fraction of sp³-hybridized carbons (Fsp3) is 0.423. The Morgan fingerprint density at radius 3 is 2.21 bits per heavy atom. The number of carboxylic acid groups (broad SMARTS) is 1. The molecule has 34 heavy (non-hydrogen) atoms. The van der Waals surface area contributed by atoms with Gasteiger partial charge in [-0.1, -0.05) is 48.5 Å². The zero-order chi connectivity index (χ0) is 24.1. The Morgan fingerprint density at radius 2 is 1.68 bits per heavy atom. The van der Waals surface area contributed by atoms with Gasteiger partial charge >= 0.3 is 12.1 Å². The summed E-state index contributed by atoms with van der Waals surface area (Å²) in [5, 5.41) is 14.7. The zero-order valence-electron chi connectivity index (χ0n) is 19.2. The predicted octanol–water partition coefficient (Wildman–Crippen LogP) is 3.44. The topological polar surface area (TPSA) is 114 Å². The minimum Gasteiger partial charge on any atom is -0.480 e. The summed E-state index contributed by atoms with van der Waals surface area (Å²) in [5.74, 6) is -1.57. The zero-order valence-corrected chi connectivity index (χ0v) is 19.2. The normalized spacial score (nSPS) is 16.5. The van der Waals surface area contributed by atoms with Gasteiger partial charge in [0.2, 0.25) is 5.91 Å². The fourth-order valence-corrected chi connectivity index (χ4v) is 4.85. The summed E-state index contributed by atoms with van der Waals surface area (Å²) in [6, 6.07) is 15.2. The Bertz CT molecular complexity index is 1020. The number of carbonyl (C=O) groups excluding carboxylic acids is 2. The van der Waals surface area contributed by atoms with Gasteiger partial charge < -0.3 is 25.2 Å². The van der Waals surface area contributed by atoms with Crippen molar-refractivity contribution in [2.24, 2.45) is 0 Å². The van der Waals surface area contributed by atoms with Crippen LogP contribution in [0.25, 0.3) is 11.1 Å². The number of alkyl carbamates (subject to hydrolysis) is 1. The number of hydrogen-bond acceptors (Lipinski definition) is 5. The number of carbonyl (C=O) groups is 3. The van der Waals surface area contributed by atoms with Crippen molar-refractivity contribution < 1.29 is 29.0 Å². The highest BCUT2D eigenvalue weighted by atomic mass is 16.5. The molecule has 2 amide bonds. The van der Waals surface area contributed by atoms with Gasteiger partial charge in [-0.25, -0.2) is 9.59 Å². The van der Waals surface area contributed by atoms with Gasteiger partial charge in [0.25, 0.3) is 0 Å². The molecule has 0 radical (unpaired) electrons. The second-order valence-electron chi connectivity index (χ2n) is 9.00. The molecule has 1 unspecified atom stereocenters. The highest BCUT2D eigenvalue weighted by Crippen LogP contribution is 2.44. The number of aliphatic carboxylic acids is 1. The summed E-state index contributed by atoms with van der Waals surface area (Å²) in [7, 11) is 1.47. The van der Waals surface area contributed by atoms with E-state index < -0.39 is 29.6 Å². The number of amides is 2.